The van der Waals surface area contributed by atoms with Crippen LogP contribution in [0, 0.1) is 0 Å². The molecule has 0 aliphatic heterocycles. The maximum Gasteiger partial charge on any atom is 0.233 e. The van der Waals surface area contributed by atoms with Crippen LogP contribution in [0.15, 0.2) is 47.6 Å². The lowest BCUT2D eigenvalue weighted by Gasteiger charge is -2.22. The molecule has 0 bridgehead atoms. The number of halogens is 2. The zero-order valence-corrected chi connectivity index (χ0v) is 14.7. The predicted octanol–water partition coefficient (Wildman–Crippen LogP) is 4.67. The SMILES string of the molecule is O=C(CSc1cc(Cl)ccc1Cl)N(Cc1ccncc1)C1CC1. The quantitative estimate of drug-likeness (QED) is 0.696. The molecule has 1 heterocycles. The minimum atomic E-state index is 0.130. The monoisotopic (exact) mass is 366 g/mol. The van der Waals surface area contributed by atoms with E-state index in [1.165, 1.54) is 11.8 Å². The van der Waals surface area contributed by atoms with Crippen molar-refractivity contribution in [3.63, 3.8) is 0 Å². The number of hydrogen-bond acceptors (Lipinski definition) is 3. The predicted molar refractivity (Wildman–Crippen MR) is 95.0 cm³/mol. The summed E-state index contributed by atoms with van der Waals surface area (Å²) >= 11 is 13.6. The first-order valence-corrected chi connectivity index (χ1v) is 9.14. The normalized spacial score (nSPS) is 13.8. The van der Waals surface area contributed by atoms with Crippen molar-refractivity contribution in [2.75, 3.05) is 5.75 Å². The number of nitrogens with zero attached hydrogens (tertiary/aromatic N) is 2. The van der Waals surface area contributed by atoms with Crippen LogP contribution >= 0.6 is 35.0 Å². The molecule has 120 valence electrons. The van der Waals surface area contributed by atoms with Crippen LogP contribution in [0.2, 0.25) is 10.0 Å². The molecule has 1 aliphatic carbocycles. The van der Waals surface area contributed by atoms with Gasteiger partial charge in [-0.1, -0.05) is 23.2 Å². The van der Waals surface area contributed by atoms with Gasteiger partial charge in [0.05, 0.1) is 10.8 Å². The van der Waals surface area contributed by atoms with Gasteiger partial charge in [-0.15, -0.1) is 11.8 Å². The Hall–Kier alpha value is -1.23. The molecule has 3 nitrogen and oxygen atoms in total. The molecule has 6 heteroatoms. The van der Waals surface area contributed by atoms with Gasteiger partial charge in [-0.25, -0.2) is 0 Å². The summed E-state index contributed by atoms with van der Waals surface area (Å²) in [4.78, 5) is 19.4. The summed E-state index contributed by atoms with van der Waals surface area (Å²) in [6.07, 6.45) is 5.68. The van der Waals surface area contributed by atoms with Crippen molar-refractivity contribution in [3.8, 4) is 0 Å². The molecule has 1 saturated carbocycles. The molecule has 1 amide bonds. The molecule has 0 N–H and O–H groups in total. The summed E-state index contributed by atoms with van der Waals surface area (Å²) in [6, 6.07) is 9.56. The van der Waals surface area contributed by atoms with Gasteiger partial charge in [0.25, 0.3) is 0 Å². The van der Waals surface area contributed by atoms with E-state index in [1.54, 1.807) is 30.6 Å². The molecule has 0 atom stereocenters. The lowest BCUT2D eigenvalue weighted by molar-refractivity contribution is -0.129. The Morgan fingerprint density at radius 1 is 1.22 bits per heavy atom. The fraction of sp³-hybridized carbons (Fsp3) is 0.294. The van der Waals surface area contributed by atoms with Crippen molar-refractivity contribution in [3.05, 3.63) is 58.3 Å². The standard InChI is InChI=1S/C17H16Cl2N2OS/c18-13-1-4-15(19)16(9-13)23-11-17(22)21(14-2-3-14)10-12-5-7-20-8-6-12/h1,4-9,14H,2-3,10-11H2. The van der Waals surface area contributed by atoms with E-state index in [4.69, 9.17) is 23.2 Å². The van der Waals surface area contributed by atoms with Gasteiger partial charge in [0.15, 0.2) is 0 Å². The van der Waals surface area contributed by atoms with Crippen molar-refractivity contribution >= 4 is 40.9 Å². The van der Waals surface area contributed by atoms with Gasteiger partial charge in [0, 0.05) is 34.9 Å². The van der Waals surface area contributed by atoms with Crippen LogP contribution in [0.25, 0.3) is 0 Å². The van der Waals surface area contributed by atoms with Crippen LogP contribution in [0.1, 0.15) is 18.4 Å². The van der Waals surface area contributed by atoms with Gasteiger partial charge in [-0.3, -0.25) is 9.78 Å². The zero-order chi connectivity index (χ0) is 16.2. The van der Waals surface area contributed by atoms with Crippen LogP contribution in [0.5, 0.6) is 0 Å². The molecular formula is C17H16Cl2N2OS. The Bertz CT molecular complexity index is 692. The van der Waals surface area contributed by atoms with Crippen LogP contribution in [-0.2, 0) is 11.3 Å². The third kappa shape index (κ3) is 4.63. The topological polar surface area (TPSA) is 33.2 Å². The highest BCUT2D eigenvalue weighted by Crippen LogP contribution is 2.32. The number of aromatic nitrogens is 1. The van der Waals surface area contributed by atoms with Crippen molar-refractivity contribution in [2.24, 2.45) is 0 Å². The second-order valence-electron chi connectivity index (χ2n) is 5.47. The van der Waals surface area contributed by atoms with E-state index in [2.05, 4.69) is 4.98 Å². The number of benzene rings is 1. The smallest absolute Gasteiger partial charge is 0.233 e. The fourth-order valence-electron chi connectivity index (χ4n) is 2.30. The first-order chi connectivity index (χ1) is 11.1. The van der Waals surface area contributed by atoms with Gasteiger partial charge in [-0.2, -0.15) is 0 Å². The Kier molecular flexibility index (Phi) is 5.46. The molecular weight excluding hydrogens is 351 g/mol. The second-order valence-corrected chi connectivity index (χ2v) is 7.33. The number of carbonyl (C=O) groups is 1. The highest BCUT2D eigenvalue weighted by Gasteiger charge is 2.32. The van der Waals surface area contributed by atoms with E-state index in [-0.39, 0.29) is 5.91 Å². The minimum Gasteiger partial charge on any atom is -0.335 e. The molecule has 1 aliphatic rings. The van der Waals surface area contributed by atoms with Gasteiger partial charge >= 0.3 is 0 Å². The van der Waals surface area contributed by atoms with Crippen LogP contribution in [0.4, 0.5) is 0 Å². The molecule has 2 aromatic rings. The molecule has 1 aromatic carbocycles. The largest absolute Gasteiger partial charge is 0.335 e. The number of hydrogen-bond donors (Lipinski definition) is 0. The number of rotatable bonds is 6. The van der Waals surface area contributed by atoms with Crippen molar-refractivity contribution in [2.45, 2.75) is 30.3 Å². The summed E-state index contributed by atoms with van der Waals surface area (Å²) in [5.41, 5.74) is 1.10. The molecule has 3 rings (SSSR count). The van der Waals surface area contributed by atoms with E-state index in [0.717, 1.165) is 23.3 Å². The molecule has 23 heavy (non-hydrogen) atoms. The zero-order valence-electron chi connectivity index (χ0n) is 12.4. The van der Waals surface area contributed by atoms with Gasteiger partial charge in [0.1, 0.15) is 0 Å². The third-order valence-corrected chi connectivity index (χ3v) is 5.37. The van der Waals surface area contributed by atoms with Crippen molar-refractivity contribution in [1.29, 1.82) is 0 Å². The second kappa shape index (κ2) is 7.56. The van der Waals surface area contributed by atoms with Crippen LogP contribution in [-0.4, -0.2) is 27.6 Å². The Balaban J connectivity index is 1.64. The first kappa shape index (κ1) is 16.6. The average Bonchev–Trinajstić information content (AvgIpc) is 3.39. The first-order valence-electron chi connectivity index (χ1n) is 7.39. The molecule has 1 aromatic heterocycles. The van der Waals surface area contributed by atoms with Crippen molar-refractivity contribution < 1.29 is 4.79 Å². The van der Waals surface area contributed by atoms with E-state index < -0.39 is 0 Å². The molecule has 0 radical (unpaired) electrons. The summed E-state index contributed by atoms with van der Waals surface area (Å²) in [7, 11) is 0. The Morgan fingerprint density at radius 3 is 2.65 bits per heavy atom. The molecule has 0 saturated heterocycles. The number of thioether (sulfide) groups is 1. The number of pyridine rings is 1. The maximum absolute atomic E-state index is 12.6. The van der Waals surface area contributed by atoms with E-state index in [0.29, 0.717) is 28.4 Å². The van der Waals surface area contributed by atoms with Gasteiger partial charge in [0.2, 0.25) is 5.91 Å². The fourth-order valence-corrected chi connectivity index (χ4v) is 3.68. The summed E-state index contributed by atoms with van der Waals surface area (Å²) in [5, 5.41) is 1.25. The molecule has 1 fully saturated rings. The highest BCUT2D eigenvalue weighted by atomic mass is 35.5. The van der Waals surface area contributed by atoms with E-state index in [9.17, 15) is 4.79 Å². The number of amides is 1. The van der Waals surface area contributed by atoms with E-state index >= 15 is 0 Å². The third-order valence-electron chi connectivity index (χ3n) is 3.65. The van der Waals surface area contributed by atoms with Crippen molar-refractivity contribution in [1.82, 2.24) is 9.88 Å². The molecule has 0 unspecified atom stereocenters. The number of carbonyl (C=O) groups excluding carboxylic acids is 1. The Morgan fingerprint density at radius 2 is 1.96 bits per heavy atom. The minimum absolute atomic E-state index is 0.130. The van der Waals surface area contributed by atoms with Gasteiger partial charge < -0.3 is 4.90 Å². The lowest BCUT2D eigenvalue weighted by Crippen LogP contribution is -2.33. The molecule has 0 spiro atoms. The summed E-state index contributed by atoms with van der Waals surface area (Å²) in [6.45, 7) is 0.635. The maximum atomic E-state index is 12.6. The van der Waals surface area contributed by atoms with Crippen LogP contribution < -0.4 is 0 Å². The highest BCUT2D eigenvalue weighted by molar-refractivity contribution is 8.00. The lowest BCUT2D eigenvalue weighted by atomic mass is 10.2. The average molecular weight is 367 g/mol. The Labute approximate surface area is 150 Å². The van der Waals surface area contributed by atoms with Crippen LogP contribution in [0.3, 0.4) is 0 Å². The summed E-state index contributed by atoms with van der Waals surface area (Å²) in [5.74, 6) is 0.493. The van der Waals surface area contributed by atoms with E-state index in [1.807, 2.05) is 17.0 Å². The van der Waals surface area contributed by atoms with Gasteiger partial charge in [-0.05, 0) is 48.7 Å². The summed E-state index contributed by atoms with van der Waals surface area (Å²) < 4.78 is 0.